The quantitative estimate of drug-likeness (QED) is 0.735. The van der Waals surface area contributed by atoms with Crippen LogP contribution in [0.4, 0.5) is 5.69 Å². The van der Waals surface area contributed by atoms with E-state index in [-0.39, 0.29) is 5.69 Å². The van der Waals surface area contributed by atoms with Gasteiger partial charge in [-0.1, -0.05) is 32.6 Å². The summed E-state index contributed by atoms with van der Waals surface area (Å²) in [5.74, 6) is 0.478. The van der Waals surface area contributed by atoms with Crippen molar-refractivity contribution in [1.29, 1.82) is 5.26 Å². The molecule has 0 atom stereocenters. The third-order valence-corrected chi connectivity index (χ3v) is 2.50. The van der Waals surface area contributed by atoms with Gasteiger partial charge in [0.05, 0.1) is 12.3 Å². The van der Waals surface area contributed by atoms with Crippen LogP contribution in [0.25, 0.3) is 0 Å². The molecule has 0 saturated heterocycles. The van der Waals surface area contributed by atoms with Crippen molar-refractivity contribution < 1.29 is 4.74 Å². The summed E-state index contributed by atoms with van der Waals surface area (Å²) in [5, 5.41) is 8.76. The van der Waals surface area contributed by atoms with Gasteiger partial charge in [-0.25, -0.2) is 4.98 Å². The summed E-state index contributed by atoms with van der Waals surface area (Å²) in [5.41, 5.74) is 6.19. The van der Waals surface area contributed by atoms with Gasteiger partial charge in [0.25, 0.3) is 0 Å². The predicted octanol–water partition coefficient (Wildman–Crippen LogP) is 2.88. The van der Waals surface area contributed by atoms with Gasteiger partial charge in [-0.15, -0.1) is 0 Å². The van der Waals surface area contributed by atoms with Crippen molar-refractivity contribution in [3.05, 3.63) is 17.8 Å². The number of nitrogens with zero attached hydrogens (tertiary/aromatic N) is 2. The molecule has 17 heavy (non-hydrogen) atoms. The van der Waals surface area contributed by atoms with Crippen LogP contribution in [0.5, 0.6) is 5.88 Å². The molecule has 0 fully saturated rings. The Balaban J connectivity index is 2.30. The Morgan fingerprint density at radius 1 is 1.29 bits per heavy atom. The lowest BCUT2D eigenvalue weighted by Crippen LogP contribution is -2.01. The molecule has 0 radical (unpaired) electrons. The average molecular weight is 233 g/mol. The first-order valence-corrected chi connectivity index (χ1v) is 6.07. The van der Waals surface area contributed by atoms with Crippen molar-refractivity contribution >= 4 is 5.69 Å². The van der Waals surface area contributed by atoms with E-state index in [1.54, 1.807) is 12.1 Å². The summed E-state index contributed by atoms with van der Waals surface area (Å²) in [7, 11) is 0. The second kappa shape index (κ2) is 7.50. The largest absolute Gasteiger partial charge is 0.478 e. The van der Waals surface area contributed by atoms with E-state index in [4.69, 9.17) is 15.7 Å². The van der Waals surface area contributed by atoms with Crippen molar-refractivity contribution in [3.63, 3.8) is 0 Å². The van der Waals surface area contributed by atoms with Gasteiger partial charge in [0.2, 0.25) is 5.88 Å². The Hall–Kier alpha value is -1.76. The molecule has 92 valence electrons. The lowest BCUT2D eigenvalue weighted by molar-refractivity contribution is 0.293. The van der Waals surface area contributed by atoms with Crippen LogP contribution in [0.2, 0.25) is 0 Å². The van der Waals surface area contributed by atoms with Gasteiger partial charge in [-0.2, -0.15) is 5.26 Å². The van der Waals surface area contributed by atoms with Gasteiger partial charge < -0.3 is 10.5 Å². The zero-order chi connectivity index (χ0) is 12.5. The Labute approximate surface area is 102 Å². The number of hydrogen-bond donors (Lipinski definition) is 1. The number of anilines is 1. The van der Waals surface area contributed by atoms with Crippen LogP contribution in [0, 0.1) is 11.3 Å². The van der Waals surface area contributed by atoms with Gasteiger partial charge in [-0.05, 0) is 12.5 Å². The topological polar surface area (TPSA) is 71.9 Å². The Bertz CT molecular complexity index is 385. The van der Waals surface area contributed by atoms with Crippen LogP contribution < -0.4 is 10.5 Å². The predicted molar refractivity (Wildman–Crippen MR) is 67.6 cm³/mol. The fourth-order valence-electron chi connectivity index (χ4n) is 1.50. The first-order valence-electron chi connectivity index (χ1n) is 6.07. The van der Waals surface area contributed by atoms with Gasteiger partial charge in [0.15, 0.2) is 5.69 Å². The maximum atomic E-state index is 8.76. The highest BCUT2D eigenvalue weighted by Gasteiger charge is 2.02. The Kier molecular flexibility index (Phi) is 5.87. The zero-order valence-corrected chi connectivity index (χ0v) is 10.3. The van der Waals surface area contributed by atoms with Crippen LogP contribution in [-0.2, 0) is 0 Å². The number of aromatic nitrogens is 1. The van der Waals surface area contributed by atoms with Crippen LogP contribution >= 0.6 is 0 Å². The number of pyridine rings is 1. The van der Waals surface area contributed by atoms with Crippen molar-refractivity contribution in [2.24, 2.45) is 0 Å². The minimum absolute atomic E-state index is 0.230. The minimum atomic E-state index is 0.230. The van der Waals surface area contributed by atoms with Crippen LogP contribution in [0.1, 0.15) is 44.7 Å². The number of unbranched alkanes of at least 4 members (excludes halogenated alkanes) is 4. The number of nitrogens with two attached hydrogens (primary N) is 1. The van der Waals surface area contributed by atoms with Crippen LogP contribution in [-0.4, -0.2) is 11.6 Å². The highest BCUT2D eigenvalue weighted by Crippen LogP contribution is 2.14. The summed E-state index contributed by atoms with van der Waals surface area (Å²) in [6.07, 6.45) is 5.96. The molecule has 0 aliphatic heterocycles. The monoisotopic (exact) mass is 233 g/mol. The lowest BCUT2D eigenvalue weighted by Gasteiger charge is -2.06. The van der Waals surface area contributed by atoms with Crippen molar-refractivity contribution in [1.82, 2.24) is 4.98 Å². The lowest BCUT2D eigenvalue weighted by atomic mass is 10.2. The number of rotatable bonds is 7. The van der Waals surface area contributed by atoms with E-state index in [0.29, 0.717) is 18.2 Å². The maximum absolute atomic E-state index is 8.76. The van der Waals surface area contributed by atoms with E-state index in [1.165, 1.54) is 25.7 Å². The summed E-state index contributed by atoms with van der Waals surface area (Å²) in [6.45, 7) is 2.84. The first kappa shape index (κ1) is 13.3. The molecule has 0 saturated carbocycles. The molecular formula is C13H19N3O. The molecule has 0 aliphatic carbocycles. The molecule has 0 bridgehead atoms. The maximum Gasteiger partial charge on any atom is 0.214 e. The summed E-state index contributed by atoms with van der Waals surface area (Å²) in [6, 6.07) is 5.29. The molecule has 4 nitrogen and oxygen atoms in total. The van der Waals surface area contributed by atoms with E-state index in [9.17, 15) is 0 Å². The summed E-state index contributed by atoms with van der Waals surface area (Å²) < 4.78 is 5.47. The van der Waals surface area contributed by atoms with Gasteiger partial charge >= 0.3 is 0 Å². The highest BCUT2D eigenvalue weighted by atomic mass is 16.5. The molecule has 2 N–H and O–H groups in total. The molecule has 1 heterocycles. The Morgan fingerprint density at radius 3 is 2.76 bits per heavy atom. The average Bonchev–Trinajstić information content (AvgIpc) is 2.35. The molecule has 0 aromatic carbocycles. The second-order valence-electron chi connectivity index (χ2n) is 3.96. The standard InChI is InChI=1S/C13H19N3O/c1-2-3-4-5-6-9-17-13-8-7-11(15)12(10-14)16-13/h7-8H,2-6,9,15H2,1H3. The molecule has 1 aromatic heterocycles. The third-order valence-electron chi connectivity index (χ3n) is 2.50. The van der Waals surface area contributed by atoms with Gasteiger partial charge in [0, 0.05) is 6.07 Å². The molecule has 1 rings (SSSR count). The van der Waals surface area contributed by atoms with E-state index < -0.39 is 0 Å². The fraction of sp³-hybridized carbons (Fsp3) is 0.538. The van der Waals surface area contributed by atoms with E-state index >= 15 is 0 Å². The summed E-state index contributed by atoms with van der Waals surface area (Å²) in [4.78, 5) is 4.02. The van der Waals surface area contributed by atoms with Crippen molar-refractivity contribution in [2.75, 3.05) is 12.3 Å². The third kappa shape index (κ3) is 4.73. The molecule has 0 amide bonds. The smallest absolute Gasteiger partial charge is 0.214 e. The van der Waals surface area contributed by atoms with E-state index in [1.807, 2.05) is 6.07 Å². The highest BCUT2D eigenvalue weighted by molar-refractivity contribution is 5.50. The second-order valence-corrected chi connectivity index (χ2v) is 3.96. The molecule has 0 unspecified atom stereocenters. The number of hydrogen-bond acceptors (Lipinski definition) is 4. The summed E-state index contributed by atoms with van der Waals surface area (Å²) >= 11 is 0. The van der Waals surface area contributed by atoms with Crippen LogP contribution in [0.3, 0.4) is 0 Å². The SMILES string of the molecule is CCCCCCCOc1ccc(N)c(C#N)n1. The zero-order valence-electron chi connectivity index (χ0n) is 10.3. The molecule has 0 aliphatic rings. The Morgan fingerprint density at radius 2 is 2.06 bits per heavy atom. The molecular weight excluding hydrogens is 214 g/mol. The van der Waals surface area contributed by atoms with E-state index in [2.05, 4.69) is 11.9 Å². The molecule has 0 spiro atoms. The van der Waals surface area contributed by atoms with Crippen molar-refractivity contribution in [2.45, 2.75) is 39.0 Å². The minimum Gasteiger partial charge on any atom is -0.478 e. The number of ether oxygens (including phenoxy) is 1. The van der Waals surface area contributed by atoms with Gasteiger partial charge in [-0.3, -0.25) is 0 Å². The van der Waals surface area contributed by atoms with Crippen LogP contribution in [0.15, 0.2) is 12.1 Å². The number of nitriles is 1. The first-order chi connectivity index (χ1) is 8.27. The molecule has 4 heteroatoms. The van der Waals surface area contributed by atoms with Gasteiger partial charge in [0.1, 0.15) is 6.07 Å². The van der Waals surface area contributed by atoms with E-state index in [0.717, 1.165) is 6.42 Å². The normalized spacial score (nSPS) is 9.88. The molecule has 1 aromatic rings. The van der Waals surface area contributed by atoms with Crippen molar-refractivity contribution in [3.8, 4) is 11.9 Å². The fourth-order valence-corrected chi connectivity index (χ4v) is 1.50. The number of nitrogen functional groups attached to an aromatic ring is 1.